The maximum Gasteiger partial charge on any atom is 0.332 e. The van der Waals surface area contributed by atoms with E-state index >= 15 is 0 Å². The van der Waals surface area contributed by atoms with Gasteiger partial charge in [0.05, 0.1) is 6.54 Å². The van der Waals surface area contributed by atoms with Crippen LogP contribution in [0, 0.1) is 0 Å². The zero-order chi connectivity index (χ0) is 15.1. The number of aryl methyl sites for hydroxylation is 1. The van der Waals surface area contributed by atoms with Crippen molar-refractivity contribution in [3.05, 3.63) is 56.7 Å². The Hall–Kier alpha value is -2.83. The van der Waals surface area contributed by atoms with E-state index in [1.807, 2.05) is 30.3 Å². The summed E-state index contributed by atoms with van der Waals surface area (Å²) in [6.45, 7) is 0.334. The highest BCUT2D eigenvalue weighted by molar-refractivity contribution is 5.73. The minimum atomic E-state index is -0.408. The van der Waals surface area contributed by atoms with Gasteiger partial charge in [0.1, 0.15) is 0 Å². The van der Waals surface area contributed by atoms with Crippen LogP contribution < -0.4 is 17.0 Å². The van der Waals surface area contributed by atoms with Gasteiger partial charge in [-0.1, -0.05) is 30.3 Å². The maximum atomic E-state index is 12.4. The minimum Gasteiger partial charge on any atom is -0.369 e. The van der Waals surface area contributed by atoms with Crippen molar-refractivity contribution in [2.75, 3.05) is 5.73 Å². The van der Waals surface area contributed by atoms with Gasteiger partial charge in [0, 0.05) is 14.1 Å². The molecule has 7 heteroatoms. The second-order valence-electron chi connectivity index (χ2n) is 4.92. The van der Waals surface area contributed by atoms with Crippen LogP contribution in [0.15, 0.2) is 39.9 Å². The van der Waals surface area contributed by atoms with Crippen molar-refractivity contribution in [3.63, 3.8) is 0 Å². The predicted octanol–water partition coefficient (Wildman–Crippen LogP) is 0.0642. The summed E-state index contributed by atoms with van der Waals surface area (Å²) in [5, 5.41) is 0. The predicted molar refractivity (Wildman–Crippen MR) is 80.2 cm³/mol. The lowest BCUT2D eigenvalue weighted by Gasteiger charge is -2.09. The van der Waals surface area contributed by atoms with Crippen LogP contribution in [0.3, 0.4) is 0 Å². The molecule has 2 heterocycles. The highest BCUT2D eigenvalue weighted by atomic mass is 16.2. The van der Waals surface area contributed by atoms with Gasteiger partial charge in [0.25, 0.3) is 5.56 Å². The Morgan fingerprint density at radius 3 is 2.43 bits per heavy atom. The normalized spacial score (nSPS) is 11.1. The molecule has 0 fully saturated rings. The lowest BCUT2D eigenvalue weighted by atomic mass is 10.2. The van der Waals surface area contributed by atoms with E-state index in [-0.39, 0.29) is 5.95 Å². The highest BCUT2D eigenvalue weighted by Crippen LogP contribution is 2.12. The smallest absolute Gasteiger partial charge is 0.332 e. The molecule has 7 nitrogen and oxygen atoms in total. The van der Waals surface area contributed by atoms with Crippen molar-refractivity contribution in [1.82, 2.24) is 18.7 Å². The molecule has 3 rings (SSSR count). The van der Waals surface area contributed by atoms with Gasteiger partial charge in [-0.3, -0.25) is 13.9 Å². The molecule has 0 aliphatic carbocycles. The summed E-state index contributed by atoms with van der Waals surface area (Å²) in [6, 6.07) is 9.52. The van der Waals surface area contributed by atoms with Gasteiger partial charge in [-0.05, 0) is 5.56 Å². The van der Waals surface area contributed by atoms with Crippen LogP contribution in [0.1, 0.15) is 5.56 Å². The molecule has 2 aromatic heterocycles. The van der Waals surface area contributed by atoms with Gasteiger partial charge < -0.3 is 10.3 Å². The van der Waals surface area contributed by atoms with Gasteiger partial charge in [0.2, 0.25) is 5.95 Å². The molecule has 0 saturated heterocycles. The van der Waals surface area contributed by atoms with Crippen LogP contribution in [-0.4, -0.2) is 18.7 Å². The molecule has 0 spiro atoms. The summed E-state index contributed by atoms with van der Waals surface area (Å²) >= 11 is 0. The van der Waals surface area contributed by atoms with Crippen LogP contribution in [0.2, 0.25) is 0 Å². The third-order valence-electron chi connectivity index (χ3n) is 3.58. The molecule has 0 aliphatic rings. The van der Waals surface area contributed by atoms with Gasteiger partial charge >= 0.3 is 5.69 Å². The Bertz CT molecular complexity index is 934. The molecule has 0 amide bonds. The number of hydrogen-bond donors (Lipinski definition) is 1. The van der Waals surface area contributed by atoms with Gasteiger partial charge in [-0.2, -0.15) is 4.98 Å². The van der Waals surface area contributed by atoms with E-state index in [1.54, 1.807) is 7.05 Å². The first-order valence-corrected chi connectivity index (χ1v) is 6.46. The summed E-state index contributed by atoms with van der Waals surface area (Å²) in [4.78, 5) is 28.7. The molecule has 0 bridgehead atoms. The number of nitrogens with two attached hydrogens (primary N) is 1. The molecular formula is C14H15N5O2. The summed E-state index contributed by atoms with van der Waals surface area (Å²) in [5.41, 5.74) is 6.55. The molecule has 0 atom stereocenters. The fourth-order valence-corrected chi connectivity index (χ4v) is 2.35. The van der Waals surface area contributed by atoms with Crippen LogP contribution in [0.5, 0.6) is 0 Å². The third-order valence-corrected chi connectivity index (χ3v) is 3.58. The Kier molecular flexibility index (Phi) is 2.90. The topological polar surface area (TPSA) is 87.8 Å². The lowest BCUT2D eigenvalue weighted by molar-refractivity contribution is 0.667. The first-order valence-electron chi connectivity index (χ1n) is 6.46. The van der Waals surface area contributed by atoms with Crippen molar-refractivity contribution in [3.8, 4) is 0 Å². The van der Waals surface area contributed by atoms with E-state index in [4.69, 9.17) is 5.73 Å². The standard InChI is InChI=1S/C14H15N5O2/c1-17-10-11(16-13(17)15)19(14(21)18(2)12(10)20)8-9-6-4-3-5-7-9/h3-7H,8H2,1-2H3,(H2,15,16). The van der Waals surface area contributed by atoms with Crippen molar-refractivity contribution in [1.29, 1.82) is 0 Å². The Labute approximate surface area is 119 Å². The summed E-state index contributed by atoms with van der Waals surface area (Å²) < 4.78 is 4.04. The molecule has 0 unspecified atom stereocenters. The molecule has 1 aromatic carbocycles. The summed E-state index contributed by atoms with van der Waals surface area (Å²) in [7, 11) is 3.11. The van der Waals surface area contributed by atoms with Gasteiger partial charge in [-0.15, -0.1) is 0 Å². The van der Waals surface area contributed by atoms with E-state index in [1.165, 1.54) is 16.2 Å². The molecule has 2 N–H and O–H groups in total. The number of fused-ring (bicyclic) bond motifs is 1. The molecule has 21 heavy (non-hydrogen) atoms. The third kappa shape index (κ3) is 1.94. The molecule has 0 saturated carbocycles. The van der Waals surface area contributed by atoms with Crippen molar-refractivity contribution < 1.29 is 0 Å². The Morgan fingerprint density at radius 1 is 1.10 bits per heavy atom. The fourth-order valence-electron chi connectivity index (χ4n) is 2.35. The largest absolute Gasteiger partial charge is 0.369 e. The maximum absolute atomic E-state index is 12.4. The van der Waals surface area contributed by atoms with Crippen molar-refractivity contribution >= 4 is 17.1 Å². The fraction of sp³-hybridized carbons (Fsp3) is 0.214. The number of anilines is 1. The van der Waals surface area contributed by atoms with Crippen molar-refractivity contribution in [2.45, 2.75) is 6.54 Å². The zero-order valence-electron chi connectivity index (χ0n) is 11.8. The number of benzene rings is 1. The first kappa shape index (κ1) is 13.2. The quantitative estimate of drug-likeness (QED) is 0.721. The molecule has 0 radical (unpaired) electrons. The molecule has 0 aliphatic heterocycles. The number of rotatable bonds is 2. The molecule has 3 aromatic rings. The molecule has 108 valence electrons. The Morgan fingerprint density at radius 2 is 1.76 bits per heavy atom. The first-order chi connectivity index (χ1) is 10.0. The number of hydrogen-bond acceptors (Lipinski definition) is 4. The van der Waals surface area contributed by atoms with Gasteiger partial charge in [0.15, 0.2) is 11.2 Å². The minimum absolute atomic E-state index is 0.203. The number of nitrogen functional groups attached to an aromatic ring is 1. The second-order valence-corrected chi connectivity index (χ2v) is 4.92. The van der Waals surface area contributed by atoms with Crippen LogP contribution in [0.25, 0.3) is 11.2 Å². The van der Waals surface area contributed by atoms with E-state index < -0.39 is 11.2 Å². The Balaban J connectivity index is 2.35. The van der Waals surface area contributed by atoms with Gasteiger partial charge in [-0.25, -0.2) is 4.79 Å². The zero-order valence-corrected chi connectivity index (χ0v) is 11.8. The number of imidazole rings is 1. The monoisotopic (exact) mass is 285 g/mol. The van der Waals surface area contributed by atoms with E-state index in [0.717, 1.165) is 10.1 Å². The SMILES string of the molecule is Cn1c(=O)c2c(nc(N)n2C)n(Cc2ccccc2)c1=O. The lowest BCUT2D eigenvalue weighted by Crippen LogP contribution is -2.38. The van der Waals surface area contributed by atoms with E-state index in [0.29, 0.717) is 17.7 Å². The van der Waals surface area contributed by atoms with E-state index in [2.05, 4.69) is 4.98 Å². The average Bonchev–Trinajstić information content (AvgIpc) is 2.78. The van der Waals surface area contributed by atoms with Crippen molar-refractivity contribution in [2.24, 2.45) is 14.1 Å². The summed E-state index contributed by atoms with van der Waals surface area (Å²) in [6.07, 6.45) is 0. The average molecular weight is 285 g/mol. The summed E-state index contributed by atoms with van der Waals surface area (Å²) in [5.74, 6) is 0.203. The van der Waals surface area contributed by atoms with E-state index in [9.17, 15) is 9.59 Å². The highest BCUT2D eigenvalue weighted by Gasteiger charge is 2.17. The van der Waals surface area contributed by atoms with Crippen LogP contribution in [-0.2, 0) is 20.6 Å². The van der Waals surface area contributed by atoms with Crippen LogP contribution >= 0.6 is 0 Å². The molecular weight excluding hydrogens is 270 g/mol. The second kappa shape index (κ2) is 4.62. The number of aromatic nitrogens is 4. The number of nitrogens with zero attached hydrogens (tertiary/aromatic N) is 4. The van der Waals surface area contributed by atoms with Crippen LogP contribution in [0.4, 0.5) is 5.95 Å².